The first kappa shape index (κ1) is 22.2. The summed E-state index contributed by atoms with van der Waals surface area (Å²) in [6, 6.07) is 14.1. The van der Waals surface area contributed by atoms with Gasteiger partial charge in [0.05, 0.1) is 23.3 Å². The van der Waals surface area contributed by atoms with Gasteiger partial charge in [0.25, 0.3) is 5.91 Å². The summed E-state index contributed by atoms with van der Waals surface area (Å²) in [5.41, 5.74) is 3.16. The van der Waals surface area contributed by atoms with Crippen molar-refractivity contribution in [2.45, 2.75) is 13.8 Å². The maximum absolute atomic E-state index is 12.5. The number of pyridine rings is 1. The molecule has 0 radical (unpaired) electrons. The minimum absolute atomic E-state index is 0.167. The Morgan fingerprint density at radius 1 is 1.06 bits per heavy atom. The second kappa shape index (κ2) is 9.57. The maximum Gasteiger partial charge on any atom is 0.340 e. The van der Waals surface area contributed by atoms with Gasteiger partial charge in [-0.2, -0.15) is 0 Å². The van der Waals surface area contributed by atoms with Gasteiger partial charge in [-0.15, -0.1) is 0 Å². The van der Waals surface area contributed by atoms with Crippen molar-refractivity contribution >= 4 is 46.0 Å². The Balaban J connectivity index is 1.56. The van der Waals surface area contributed by atoms with Crippen molar-refractivity contribution in [1.82, 2.24) is 9.88 Å². The number of amides is 2. The molecule has 2 aromatic carbocycles. The average molecular weight is 440 g/mol. The maximum atomic E-state index is 12.5. The number of rotatable bonds is 6. The summed E-state index contributed by atoms with van der Waals surface area (Å²) in [7, 11) is 1.47. The van der Waals surface area contributed by atoms with Crippen LogP contribution >= 0.6 is 11.6 Å². The molecule has 2 amide bonds. The number of anilines is 1. The summed E-state index contributed by atoms with van der Waals surface area (Å²) in [5, 5.41) is 3.94. The lowest BCUT2D eigenvalue weighted by molar-refractivity contribution is -0.136. The molecule has 0 bridgehead atoms. The zero-order valence-electron chi connectivity index (χ0n) is 17.4. The van der Waals surface area contributed by atoms with Crippen LogP contribution < -0.4 is 5.32 Å². The number of aromatic nitrogens is 1. The fourth-order valence-electron chi connectivity index (χ4n) is 2.91. The van der Waals surface area contributed by atoms with E-state index in [9.17, 15) is 14.4 Å². The van der Waals surface area contributed by atoms with E-state index >= 15 is 0 Å². The van der Waals surface area contributed by atoms with Crippen molar-refractivity contribution in [3.05, 3.63) is 70.4 Å². The number of nitrogens with one attached hydrogen (secondary N) is 1. The number of benzene rings is 2. The van der Waals surface area contributed by atoms with E-state index in [2.05, 4.69) is 10.3 Å². The van der Waals surface area contributed by atoms with E-state index < -0.39 is 18.5 Å². The van der Waals surface area contributed by atoms with Gasteiger partial charge >= 0.3 is 5.97 Å². The quantitative estimate of drug-likeness (QED) is 0.591. The molecule has 0 aliphatic heterocycles. The van der Waals surface area contributed by atoms with E-state index in [1.165, 1.54) is 11.9 Å². The molecule has 8 heteroatoms. The van der Waals surface area contributed by atoms with Crippen LogP contribution in [0, 0.1) is 13.8 Å². The van der Waals surface area contributed by atoms with E-state index in [1.807, 2.05) is 19.1 Å². The number of nitrogens with zero attached hydrogens (tertiary/aromatic N) is 2. The normalized spacial score (nSPS) is 10.6. The lowest BCUT2D eigenvalue weighted by Crippen LogP contribution is -2.37. The first-order valence-electron chi connectivity index (χ1n) is 9.57. The third-order valence-corrected chi connectivity index (χ3v) is 4.89. The highest BCUT2D eigenvalue weighted by atomic mass is 35.5. The Morgan fingerprint density at radius 3 is 2.48 bits per heavy atom. The number of likely N-dealkylation sites (N-methyl/N-ethyl adjacent to an activating group) is 1. The smallest absolute Gasteiger partial charge is 0.340 e. The van der Waals surface area contributed by atoms with Gasteiger partial charge < -0.3 is 15.0 Å². The topological polar surface area (TPSA) is 88.6 Å². The monoisotopic (exact) mass is 439 g/mol. The van der Waals surface area contributed by atoms with E-state index in [0.29, 0.717) is 27.3 Å². The van der Waals surface area contributed by atoms with Gasteiger partial charge in [0, 0.05) is 23.1 Å². The van der Waals surface area contributed by atoms with Crippen LogP contribution in [0.3, 0.4) is 0 Å². The molecule has 3 rings (SSSR count). The fourth-order valence-corrected chi connectivity index (χ4v) is 3.09. The van der Waals surface area contributed by atoms with Crippen LogP contribution in [-0.4, -0.2) is 47.9 Å². The molecule has 0 saturated carbocycles. The van der Waals surface area contributed by atoms with Crippen LogP contribution in [0.2, 0.25) is 5.02 Å². The summed E-state index contributed by atoms with van der Waals surface area (Å²) in [4.78, 5) is 42.5. The lowest BCUT2D eigenvalue weighted by atomic mass is 10.1. The molecule has 31 heavy (non-hydrogen) atoms. The van der Waals surface area contributed by atoms with Gasteiger partial charge in [0.1, 0.15) is 0 Å². The van der Waals surface area contributed by atoms with Crippen LogP contribution in [0.15, 0.2) is 48.5 Å². The fraction of sp³-hybridized carbons (Fsp3) is 0.217. The summed E-state index contributed by atoms with van der Waals surface area (Å²) >= 11 is 6.00. The molecule has 0 unspecified atom stereocenters. The summed E-state index contributed by atoms with van der Waals surface area (Å²) in [6.45, 7) is 2.98. The molecule has 0 atom stereocenters. The Kier molecular flexibility index (Phi) is 6.87. The van der Waals surface area contributed by atoms with Gasteiger partial charge in [-0.1, -0.05) is 29.3 Å². The predicted molar refractivity (Wildman–Crippen MR) is 119 cm³/mol. The molecule has 0 fully saturated rings. The number of hydrogen-bond donors (Lipinski definition) is 1. The number of aryl methyl sites for hydroxylation is 2. The number of fused-ring (bicyclic) bond motifs is 1. The molecule has 1 heterocycles. The second-order valence-corrected chi connectivity index (χ2v) is 7.63. The van der Waals surface area contributed by atoms with Gasteiger partial charge in [-0.25, -0.2) is 4.79 Å². The molecule has 7 nitrogen and oxygen atoms in total. The number of halogens is 1. The standard InChI is InChI=1S/C23H22ClN3O4/c1-14-4-7-18(8-5-14)26-21(28)12-27(3)22(29)13-31-23(30)19-11-16-10-17(24)6-9-20(16)25-15(19)2/h4-11H,12-13H2,1-3H3,(H,26,28). The number of ether oxygens (including phenoxy) is 1. The zero-order valence-corrected chi connectivity index (χ0v) is 18.2. The third kappa shape index (κ3) is 5.79. The Hall–Kier alpha value is -3.45. The molecule has 0 spiro atoms. The highest BCUT2D eigenvalue weighted by Crippen LogP contribution is 2.21. The number of hydrogen-bond acceptors (Lipinski definition) is 5. The lowest BCUT2D eigenvalue weighted by Gasteiger charge is -2.17. The Bertz CT molecular complexity index is 1150. The first-order chi connectivity index (χ1) is 14.7. The van der Waals surface area contributed by atoms with Crippen molar-refractivity contribution in [1.29, 1.82) is 0 Å². The molecular formula is C23H22ClN3O4. The van der Waals surface area contributed by atoms with E-state index in [0.717, 1.165) is 5.56 Å². The largest absolute Gasteiger partial charge is 0.452 e. The van der Waals surface area contributed by atoms with Crippen LogP contribution in [0.4, 0.5) is 5.69 Å². The molecule has 1 N–H and O–H groups in total. The second-order valence-electron chi connectivity index (χ2n) is 7.20. The van der Waals surface area contributed by atoms with E-state index in [4.69, 9.17) is 16.3 Å². The predicted octanol–water partition coefficient (Wildman–Crippen LogP) is 3.76. The molecule has 3 aromatic rings. The minimum atomic E-state index is -0.669. The minimum Gasteiger partial charge on any atom is -0.452 e. The van der Waals surface area contributed by atoms with Crippen LogP contribution in [-0.2, 0) is 14.3 Å². The highest BCUT2D eigenvalue weighted by Gasteiger charge is 2.18. The highest BCUT2D eigenvalue weighted by molar-refractivity contribution is 6.31. The SMILES string of the molecule is Cc1ccc(NC(=O)CN(C)C(=O)COC(=O)c2cc3cc(Cl)ccc3nc2C)cc1. The molecule has 0 aliphatic carbocycles. The van der Waals surface area contributed by atoms with Crippen molar-refractivity contribution in [2.75, 3.05) is 25.5 Å². The number of carbonyl (C=O) groups is 3. The molecule has 160 valence electrons. The molecule has 0 saturated heterocycles. The average Bonchev–Trinajstić information content (AvgIpc) is 2.73. The number of esters is 1. The van der Waals surface area contributed by atoms with Gasteiger partial charge in [0.15, 0.2) is 6.61 Å². The molecule has 1 aromatic heterocycles. The Morgan fingerprint density at radius 2 is 1.77 bits per heavy atom. The van der Waals surface area contributed by atoms with Gasteiger partial charge in [-0.3, -0.25) is 14.6 Å². The van der Waals surface area contributed by atoms with Crippen LogP contribution in [0.25, 0.3) is 10.9 Å². The van der Waals surface area contributed by atoms with Crippen molar-refractivity contribution in [3.8, 4) is 0 Å². The van der Waals surface area contributed by atoms with Crippen molar-refractivity contribution in [3.63, 3.8) is 0 Å². The summed E-state index contributed by atoms with van der Waals surface area (Å²) < 4.78 is 5.15. The van der Waals surface area contributed by atoms with Crippen molar-refractivity contribution < 1.29 is 19.1 Å². The van der Waals surface area contributed by atoms with Crippen molar-refractivity contribution in [2.24, 2.45) is 0 Å². The van der Waals surface area contributed by atoms with Gasteiger partial charge in [-0.05, 0) is 50.2 Å². The first-order valence-corrected chi connectivity index (χ1v) is 9.95. The van der Waals surface area contributed by atoms with E-state index in [1.54, 1.807) is 43.3 Å². The Labute approximate surface area is 185 Å². The third-order valence-electron chi connectivity index (χ3n) is 4.66. The van der Waals surface area contributed by atoms with Crippen LogP contribution in [0.1, 0.15) is 21.6 Å². The summed E-state index contributed by atoms with van der Waals surface area (Å²) in [5.74, 6) is -1.52. The van der Waals surface area contributed by atoms with E-state index in [-0.39, 0.29) is 18.0 Å². The molecular weight excluding hydrogens is 418 g/mol. The zero-order chi connectivity index (χ0) is 22.5. The molecule has 0 aliphatic rings. The van der Waals surface area contributed by atoms with Gasteiger partial charge in [0.2, 0.25) is 5.91 Å². The van der Waals surface area contributed by atoms with Crippen LogP contribution in [0.5, 0.6) is 0 Å². The number of carbonyl (C=O) groups excluding carboxylic acids is 3. The summed E-state index contributed by atoms with van der Waals surface area (Å²) in [6.07, 6.45) is 0.